The van der Waals surface area contributed by atoms with E-state index in [-0.39, 0.29) is 17.0 Å². The van der Waals surface area contributed by atoms with E-state index < -0.39 is 5.82 Å². The van der Waals surface area contributed by atoms with Crippen LogP contribution in [-0.4, -0.2) is 43.1 Å². The van der Waals surface area contributed by atoms with Crippen molar-refractivity contribution in [2.24, 2.45) is 0 Å². The van der Waals surface area contributed by atoms with Gasteiger partial charge in [0, 0.05) is 12.1 Å². The first-order valence-corrected chi connectivity index (χ1v) is 9.51. The first kappa shape index (κ1) is 18.2. The van der Waals surface area contributed by atoms with E-state index in [0.29, 0.717) is 12.3 Å². The minimum atomic E-state index is -0.422. The summed E-state index contributed by atoms with van der Waals surface area (Å²) in [6.07, 6.45) is 9.77. The number of methoxy groups -OCH3 is 1. The summed E-state index contributed by atoms with van der Waals surface area (Å²) in [7, 11) is 1.50. The summed E-state index contributed by atoms with van der Waals surface area (Å²) in [6, 6.07) is 4.07. The maximum Gasteiger partial charge on any atom is 0.255 e. The van der Waals surface area contributed by atoms with Gasteiger partial charge in [0.15, 0.2) is 0 Å². The molecule has 0 atom stereocenters. The van der Waals surface area contributed by atoms with Crippen LogP contribution in [0.1, 0.15) is 61.7 Å². The number of hydrogen-bond acceptors (Lipinski definition) is 3. The third-order valence-electron chi connectivity index (χ3n) is 5.80. The molecule has 0 aromatic heterocycles. The van der Waals surface area contributed by atoms with Gasteiger partial charge in [-0.05, 0) is 57.0 Å². The van der Waals surface area contributed by atoms with Crippen molar-refractivity contribution in [1.29, 1.82) is 0 Å². The second kappa shape index (κ2) is 8.17. The maximum absolute atomic E-state index is 13.6. The number of carbonyl (C=O) groups is 1. The summed E-state index contributed by atoms with van der Waals surface area (Å²) in [5.74, 6) is -0.262. The molecular weight excluding hydrogens is 319 g/mol. The van der Waals surface area contributed by atoms with Gasteiger partial charge in [-0.25, -0.2) is 4.39 Å². The largest absolute Gasteiger partial charge is 0.496 e. The number of ether oxygens (including phenoxy) is 1. The van der Waals surface area contributed by atoms with E-state index in [2.05, 4.69) is 10.2 Å². The Balaban J connectivity index is 1.72. The van der Waals surface area contributed by atoms with Gasteiger partial charge in [0.05, 0.1) is 12.7 Å². The van der Waals surface area contributed by atoms with Crippen molar-refractivity contribution < 1.29 is 13.9 Å². The fraction of sp³-hybridized carbons (Fsp3) is 0.650. The number of nitrogens with zero attached hydrogens (tertiary/aromatic N) is 1. The molecule has 1 aliphatic heterocycles. The summed E-state index contributed by atoms with van der Waals surface area (Å²) in [4.78, 5) is 15.3. The Morgan fingerprint density at radius 3 is 2.52 bits per heavy atom. The van der Waals surface area contributed by atoms with Gasteiger partial charge in [-0.3, -0.25) is 9.69 Å². The Hall–Kier alpha value is -1.62. The van der Waals surface area contributed by atoms with Gasteiger partial charge >= 0.3 is 0 Å². The normalized spacial score (nSPS) is 20.9. The first-order chi connectivity index (χ1) is 12.1. The molecule has 4 nitrogen and oxygen atoms in total. The number of nitrogens with one attached hydrogen (secondary N) is 1. The highest BCUT2D eigenvalue weighted by Crippen LogP contribution is 2.35. The zero-order chi connectivity index (χ0) is 17.7. The summed E-state index contributed by atoms with van der Waals surface area (Å²) in [6.45, 7) is 2.88. The molecule has 1 saturated heterocycles. The molecule has 1 aromatic carbocycles. The lowest BCUT2D eigenvalue weighted by Crippen LogP contribution is -2.58. The summed E-state index contributed by atoms with van der Waals surface area (Å²) in [5, 5.41) is 3.08. The van der Waals surface area contributed by atoms with Crippen LogP contribution in [0.2, 0.25) is 0 Å². The van der Waals surface area contributed by atoms with E-state index in [9.17, 15) is 9.18 Å². The van der Waals surface area contributed by atoms with E-state index in [0.717, 1.165) is 25.9 Å². The highest BCUT2D eigenvalue weighted by molar-refractivity contribution is 5.97. The molecule has 2 aliphatic rings. The van der Waals surface area contributed by atoms with Crippen LogP contribution in [0.4, 0.5) is 4.39 Å². The highest BCUT2D eigenvalue weighted by Gasteiger charge is 2.38. The Morgan fingerprint density at radius 1 is 1.16 bits per heavy atom. The smallest absolute Gasteiger partial charge is 0.255 e. The summed E-state index contributed by atoms with van der Waals surface area (Å²) >= 11 is 0. The fourth-order valence-electron chi connectivity index (χ4n) is 4.38. The molecule has 5 heteroatoms. The van der Waals surface area contributed by atoms with Gasteiger partial charge in [-0.15, -0.1) is 0 Å². The number of piperidine rings is 1. The molecule has 25 heavy (non-hydrogen) atoms. The van der Waals surface area contributed by atoms with Crippen LogP contribution in [0.5, 0.6) is 5.75 Å². The number of likely N-dealkylation sites (tertiary alicyclic amines) is 1. The van der Waals surface area contributed by atoms with Crippen molar-refractivity contribution in [2.75, 3.05) is 26.7 Å². The Kier molecular flexibility index (Phi) is 5.94. The average Bonchev–Trinajstić information content (AvgIpc) is 2.67. The number of hydrogen-bond donors (Lipinski definition) is 1. The molecular formula is C20H29FN2O2. The number of rotatable bonds is 5. The minimum Gasteiger partial charge on any atom is -0.496 e. The molecule has 1 aromatic rings. The van der Waals surface area contributed by atoms with Crippen LogP contribution < -0.4 is 10.1 Å². The van der Waals surface area contributed by atoms with Gasteiger partial charge in [0.2, 0.25) is 0 Å². The van der Waals surface area contributed by atoms with E-state index in [4.69, 9.17) is 4.74 Å². The predicted molar refractivity (Wildman–Crippen MR) is 96.5 cm³/mol. The van der Waals surface area contributed by atoms with Gasteiger partial charge in [0.25, 0.3) is 5.91 Å². The number of carbonyl (C=O) groups excluding carboxylic acids is 1. The lowest BCUT2D eigenvalue weighted by Gasteiger charge is -2.48. The lowest BCUT2D eigenvalue weighted by molar-refractivity contribution is 0.0326. The number of benzene rings is 1. The van der Waals surface area contributed by atoms with E-state index in [1.807, 2.05) is 0 Å². The van der Waals surface area contributed by atoms with E-state index >= 15 is 0 Å². The van der Waals surface area contributed by atoms with Crippen molar-refractivity contribution in [3.63, 3.8) is 0 Å². The van der Waals surface area contributed by atoms with Gasteiger partial charge in [-0.2, -0.15) is 0 Å². The van der Waals surface area contributed by atoms with Crippen molar-refractivity contribution in [3.8, 4) is 5.75 Å². The zero-order valence-corrected chi connectivity index (χ0v) is 15.2. The van der Waals surface area contributed by atoms with Crippen molar-refractivity contribution in [1.82, 2.24) is 10.2 Å². The quantitative estimate of drug-likeness (QED) is 0.881. The third kappa shape index (κ3) is 4.14. The van der Waals surface area contributed by atoms with Crippen LogP contribution in [0.15, 0.2) is 18.2 Å². The maximum atomic E-state index is 13.6. The van der Waals surface area contributed by atoms with Crippen LogP contribution in [0.25, 0.3) is 0 Å². The fourth-order valence-corrected chi connectivity index (χ4v) is 4.38. The molecule has 3 rings (SSSR count). The Morgan fingerprint density at radius 2 is 1.84 bits per heavy atom. The average molecular weight is 348 g/mol. The molecule has 0 unspecified atom stereocenters. The molecule has 0 spiro atoms. The molecule has 1 amide bonds. The predicted octanol–water partition coefficient (Wildman–Crippen LogP) is 3.75. The summed E-state index contributed by atoms with van der Waals surface area (Å²) in [5.41, 5.74) is 0.335. The Bertz CT molecular complexity index is 593. The highest BCUT2D eigenvalue weighted by atomic mass is 19.1. The lowest BCUT2D eigenvalue weighted by atomic mass is 9.79. The van der Waals surface area contributed by atoms with Gasteiger partial charge < -0.3 is 10.1 Å². The molecule has 0 radical (unpaired) electrons. The Labute approximate surface area is 149 Å². The van der Waals surface area contributed by atoms with Crippen molar-refractivity contribution >= 4 is 5.91 Å². The number of halogens is 1. The second-order valence-corrected chi connectivity index (χ2v) is 7.36. The molecule has 1 N–H and O–H groups in total. The van der Waals surface area contributed by atoms with Gasteiger partial charge in [-0.1, -0.05) is 25.7 Å². The van der Waals surface area contributed by atoms with E-state index in [1.165, 1.54) is 63.8 Å². The van der Waals surface area contributed by atoms with Crippen molar-refractivity contribution in [3.05, 3.63) is 29.6 Å². The first-order valence-electron chi connectivity index (χ1n) is 9.51. The molecule has 1 aliphatic carbocycles. The zero-order valence-electron chi connectivity index (χ0n) is 15.2. The van der Waals surface area contributed by atoms with Crippen molar-refractivity contribution in [2.45, 2.75) is 56.9 Å². The number of amides is 1. The molecule has 138 valence electrons. The second-order valence-electron chi connectivity index (χ2n) is 7.36. The SMILES string of the molecule is COc1ccc(F)cc1C(=O)NCC1(N2CCCCC2)CCCCC1. The molecule has 1 saturated carbocycles. The monoisotopic (exact) mass is 348 g/mol. The summed E-state index contributed by atoms with van der Waals surface area (Å²) < 4.78 is 18.8. The molecule has 2 fully saturated rings. The third-order valence-corrected chi connectivity index (χ3v) is 5.80. The standard InChI is InChI=1S/C20H29FN2O2/c1-25-18-9-8-16(21)14-17(18)19(24)22-15-20(10-4-2-5-11-20)23-12-6-3-7-13-23/h8-9,14H,2-7,10-13,15H2,1H3,(H,22,24). The van der Waals surface area contributed by atoms with Crippen LogP contribution in [-0.2, 0) is 0 Å². The molecule has 0 bridgehead atoms. The minimum absolute atomic E-state index is 0.0644. The topological polar surface area (TPSA) is 41.6 Å². The van der Waals surface area contributed by atoms with Crippen LogP contribution in [0, 0.1) is 5.82 Å². The van der Waals surface area contributed by atoms with Crippen LogP contribution in [0.3, 0.4) is 0 Å². The van der Waals surface area contributed by atoms with Gasteiger partial charge in [0.1, 0.15) is 11.6 Å². The van der Waals surface area contributed by atoms with Crippen LogP contribution >= 0.6 is 0 Å². The van der Waals surface area contributed by atoms with E-state index in [1.54, 1.807) is 0 Å². The molecule has 1 heterocycles.